The number of halogens is 1. The number of carbonyl (C=O) groups is 3. The lowest BCUT2D eigenvalue weighted by Gasteiger charge is -2.49. The van der Waals surface area contributed by atoms with Gasteiger partial charge >= 0.3 is 5.97 Å². The summed E-state index contributed by atoms with van der Waals surface area (Å²) in [7, 11) is 0. The summed E-state index contributed by atoms with van der Waals surface area (Å²) >= 11 is 2.80. The van der Waals surface area contributed by atoms with Crippen molar-refractivity contribution in [2.45, 2.75) is 18.3 Å². The monoisotopic (exact) mass is 421 g/mol. The third-order valence-corrected chi connectivity index (χ3v) is 7.02. The molecule has 28 heavy (non-hydrogen) atoms. The molecular formula is C18H16FN3O4S2. The summed E-state index contributed by atoms with van der Waals surface area (Å²) < 4.78 is 14.0. The molecule has 3 heterocycles. The number of hydrogen-bond acceptors (Lipinski definition) is 6. The first-order valence-electron chi connectivity index (χ1n) is 8.44. The number of aliphatic carboxylic acids is 1. The number of anilines is 1. The first kappa shape index (κ1) is 18.8. The zero-order valence-electron chi connectivity index (χ0n) is 14.7. The van der Waals surface area contributed by atoms with E-state index < -0.39 is 23.3 Å². The van der Waals surface area contributed by atoms with Crippen molar-refractivity contribution in [3.63, 3.8) is 0 Å². The molecule has 2 amide bonds. The van der Waals surface area contributed by atoms with Crippen molar-refractivity contribution in [3.05, 3.63) is 40.7 Å². The Hall–Kier alpha value is -2.59. The van der Waals surface area contributed by atoms with E-state index in [0.717, 1.165) is 15.8 Å². The van der Waals surface area contributed by atoms with Crippen LogP contribution in [0.1, 0.15) is 6.92 Å². The maximum absolute atomic E-state index is 13.3. The minimum atomic E-state index is -1.14. The van der Waals surface area contributed by atoms with Gasteiger partial charge in [-0.1, -0.05) is 0 Å². The molecule has 1 saturated heterocycles. The molecule has 0 saturated carbocycles. The SMILES string of the molecule is CC1=C(C(=O)O)N2C(=O)C(NC(=O)CNc3csc4cc(F)ccc34)[C@@H]2SC1. The molecule has 2 aromatic rings. The number of thioether (sulfide) groups is 1. The number of amides is 2. The molecule has 1 unspecified atom stereocenters. The van der Waals surface area contributed by atoms with Gasteiger partial charge in [0.2, 0.25) is 5.91 Å². The van der Waals surface area contributed by atoms with Crippen LogP contribution in [-0.2, 0) is 14.4 Å². The molecule has 1 aromatic heterocycles. The second-order valence-electron chi connectivity index (χ2n) is 6.53. The smallest absolute Gasteiger partial charge is 0.352 e. The molecule has 2 aliphatic rings. The van der Waals surface area contributed by atoms with Crippen LogP contribution in [0.25, 0.3) is 10.1 Å². The Morgan fingerprint density at radius 3 is 2.93 bits per heavy atom. The highest BCUT2D eigenvalue weighted by Crippen LogP contribution is 2.40. The van der Waals surface area contributed by atoms with Crippen LogP contribution in [0, 0.1) is 5.82 Å². The molecule has 2 atom stereocenters. The lowest BCUT2D eigenvalue weighted by Crippen LogP contribution is -2.70. The molecule has 10 heteroatoms. The van der Waals surface area contributed by atoms with E-state index in [-0.39, 0.29) is 24.0 Å². The van der Waals surface area contributed by atoms with Crippen LogP contribution in [0.2, 0.25) is 0 Å². The standard InChI is InChI=1S/C18H16FN3O4S2/c1-8-6-28-17-14(16(24)22(17)15(8)18(25)26)21-13(23)5-20-11-7-27-12-4-9(19)2-3-10(11)12/h2-4,7,14,17,20H,5-6H2,1H3,(H,21,23)(H,25,26)/t14?,17-/m0/s1. The Balaban J connectivity index is 1.38. The van der Waals surface area contributed by atoms with Crippen LogP contribution in [0.15, 0.2) is 34.8 Å². The van der Waals surface area contributed by atoms with Crippen LogP contribution >= 0.6 is 23.1 Å². The van der Waals surface area contributed by atoms with Crippen molar-refractivity contribution < 1.29 is 23.9 Å². The van der Waals surface area contributed by atoms with E-state index in [1.165, 1.54) is 40.1 Å². The number of benzene rings is 1. The van der Waals surface area contributed by atoms with E-state index in [1.807, 2.05) is 0 Å². The fraction of sp³-hybridized carbons (Fsp3) is 0.278. The van der Waals surface area contributed by atoms with Crippen LogP contribution in [0.5, 0.6) is 0 Å². The molecule has 146 valence electrons. The molecule has 4 rings (SSSR count). The van der Waals surface area contributed by atoms with Crippen molar-refractivity contribution in [3.8, 4) is 0 Å². The second-order valence-corrected chi connectivity index (χ2v) is 8.55. The predicted octanol–water partition coefficient (Wildman–Crippen LogP) is 2.21. The summed E-state index contributed by atoms with van der Waals surface area (Å²) in [6, 6.07) is 3.70. The maximum Gasteiger partial charge on any atom is 0.352 e. The highest BCUT2D eigenvalue weighted by molar-refractivity contribution is 8.00. The normalized spacial score (nSPS) is 21.4. The summed E-state index contributed by atoms with van der Waals surface area (Å²) in [5.74, 6) is -1.75. The zero-order chi connectivity index (χ0) is 20.0. The minimum Gasteiger partial charge on any atom is -0.477 e. The van der Waals surface area contributed by atoms with Gasteiger partial charge in [-0.15, -0.1) is 23.1 Å². The highest BCUT2D eigenvalue weighted by Gasteiger charge is 2.53. The van der Waals surface area contributed by atoms with Crippen molar-refractivity contribution in [1.82, 2.24) is 10.2 Å². The molecule has 0 aliphatic carbocycles. The van der Waals surface area contributed by atoms with Gasteiger partial charge < -0.3 is 15.7 Å². The van der Waals surface area contributed by atoms with E-state index in [2.05, 4.69) is 10.6 Å². The lowest BCUT2D eigenvalue weighted by molar-refractivity contribution is -0.150. The number of carboxylic acid groups (broad SMARTS) is 1. The van der Waals surface area contributed by atoms with Gasteiger partial charge in [-0.3, -0.25) is 14.5 Å². The molecule has 7 nitrogen and oxygen atoms in total. The number of fused-ring (bicyclic) bond motifs is 2. The van der Waals surface area contributed by atoms with Gasteiger partial charge in [0.25, 0.3) is 5.91 Å². The van der Waals surface area contributed by atoms with Crippen molar-refractivity contribution in [2.24, 2.45) is 0 Å². The summed E-state index contributed by atoms with van der Waals surface area (Å²) in [6.45, 7) is 1.64. The van der Waals surface area contributed by atoms with Crippen LogP contribution in [-0.4, -0.2) is 51.5 Å². The fourth-order valence-corrected chi connectivity index (χ4v) is 5.55. The quantitative estimate of drug-likeness (QED) is 0.641. The van der Waals surface area contributed by atoms with Gasteiger partial charge in [0, 0.05) is 21.2 Å². The molecular weight excluding hydrogens is 405 g/mol. The Morgan fingerprint density at radius 1 is 1.39 bits per heavy atom. The number of nitrogens with one attached hydrogen (secondary N) is 2. The topological polar surface area (TPSA) is 98.7 Å². The zero-order valence-corrected chi connectivity index (χ0v) is 16.3. The molecule has 0 spiro atoms. The minimum absolute atomic E-state index is 0.00866. The van der Waals surface area contributed by atoms with E-state index in [9.17, 15) is 23.9 Å². The van der Waals surface area contributed by atoms with Gasteiger partial charge in [-0.05, 0) is 30.7 Å². The van der Waals surface area contributed by atoms with Gasteiger partial charge in [0.05, 0.1) is 12.2 Å². The van der Waals surface area contributed by atoms with Gasteiger partial charge in [0.15, 0.2) is 0 Å². The molecule has 1 fully saturated rings. The van der Waals surface area contributed by atoms with Crippen LogP contribution < -0.4 is 10.6 Å². The molecule has 1 aromatic carbocycles. The van der Waals surface area contributed by atoms with Crippen LogP contribution in [0.4, 0.5) is 10.1 Å². The number of thiophene rings is 1. The molecule has 3 N–H and O–H groups in total. The number of β-lactam (4-membered cyclic amide) rings is 1. The summed E-state index contributed by atoms with van der Waals surface area (Å²) in [5.41, 5.74) is 1.36. The number of carboxylic acids is 1. The van der Waals surface area contributed by atoms with Crippen LogP contribution in [0.3, 0.4) is 0 Å². The number of nitrogens with zero attached hydrogens (tertiary/aromatic N) is 1. The van der Waals surface area contributed by atoms with Crippen molar-refractivity contribution in [1.29, 1.82) is 0 Å². The number of hydrogen-bond donors (Lipinski definition) is 3. The van der Waals surface area contributed by atoms with Crippen molar-refractivity contribution in [2.75, 3.05) is 17.6 Å². The average Bonchev–Trinajstić information content (AvgIpc) is 3.05. The number of rotatable bonds is 5. The van der Waals surface area contributed by atoms with E-state index in [0.29, 0.717) is 11.3 Å². The predicted molar refractivity (Wildman–Crippen MR) is 106 cm³/mol. The van der Waals surface area contributed by atoms with Gasteiger partial charge in [-0.2, -0.15) is 0 Å². The first-order chi connectivity index (χ1) is 13.4. The first-order valence-corrected chi connectivity index (χ1v) is 10.4. The Morgan fingerprint density at radius 2 is 2.18 bits per heavy atom. The maximum atomic E-state index is 13.3. The lowest BCUT2D eigenvalue weighted by atomic mass is 10.0. The van der Waals surface area contributed by atoms with Gasteiger partial charge in [0.1, 0.15) is 22.9 Å². The Kier molecular flexibility index (Phi) is 4.76. The number of carbonyl (C=O) groups excluding carboxylic acids is 2. The van der Waals surface area contributed by atoms with E-state index in [1.54, 1.807) is 18.4 Å². The van der Waals surface area contributed by atoms with E-state index in [4.69, 9.17) is 0 Å². The fourth-order valence-electron chi connectivity index (χ4n) is 3.31. The average molecular weight is 421 g/mol. The van der Waals surface area contributed by atoms with Gasteiger partial charge in [-0.25, -0.2) is 9.18 Å². The molecule has 0 bridgehead atoms. The molecule has 2 aliphatic heterocycles. The largest absolute Gasteiger partial charge is 0.477 e. The summed E-state index contributed by atoms with van der Waals surface area (Å²) in [6.07, 6.45) is 0. The Labute approximate surface area is 167 Å². The summed E-state index contributed by atoms with van der Waals surface area (Å²) in [4.78, 5) is 37.3. The Bertz CT molecular complexity index is 1040. The van der Waals surface area contributed by atoms with E-state index >= 15 is 0 Å². The highest BCUT2D eigenvalue weighted by atomic mass is 32.2. The third-order valence-electron chi connectivity index (χ3n) is 4.65. The third kappa shape index (κ3) is 3.12. The van der Waals surface area contributed by atoms with Crippen molar-refractivity contribution >= 4 is 56.7 Å². The molecule has 0 radical (unpaired) electrons. The second kappa shape index (κ2) is 7.10. The summed E-state index contributed by atoms with van der Waals surface area (Å²) in [5, 5.41) is 17.2.